The maximum Gasteiger partial charge on any atom is 0.280 e. The molecule has 4 heteroatoms. The van der Waals surface area contributed by atoms with Crippen LogP contribution in [0.25, 0.3) is 17.2 Å². The maximum absolute atomic E-state index is 12.1. The van der Waals surface area contributed by atoms with Gasteiger partial charge in [-0.3, -0.25) is 4.79 Å². The third kappa shape index (κ3) is 5.68. The summed E-state index contributed by atoms with van der Waals surface area (Å²) in [6, 6.07) is 27.6. The number of rotatable bonds is 7. The third-order valence-electron chi connectivity index (χ3n) is 4.07. The molecule has 0 saturated carbocycles. The fourth-order valence-electron chi connectivity index (χ4n) is 2.57. The highest BCUT2D eigenvalue weighted by atomic mass is 16.5. The molecule has 1 amide bonds. The first kappa shape index (κ1) is 19.1. The van der Waals surface area contributed by atoms with Gasteiger partial charge in [0.05, 0.1) is 0 Å². The standard InChI is InChI=1S/C24H22N2O2/c1-19(24(27)26-25-18-8-11-20-9-4-2-5-10-20)28-23-16-14-22(15-17-23)21-12-6-3-7-13-21/h2-19H,1H3,(H,26,27). The van der Waals surface area contributed by atoms with Gasteiger partial charge >= 0.3 is 0 Å². The van der Waals surface area contributed by atoms with Gasteiger partial charge in [0, 0.05) is 6.21 Å². The molecule has 1 N–H and O–H groups in total. The van der Waals surface area contributed by atoms with Crippen LogP contribution >= 0.6 is 0 Å². The van der Waals surface area contributed by atoms with Crippen molar-refractivity contribution >= 4 is 18.2 Å². The predicted molar refractivity (Wildman–Crippen MR) is 114 cm³/mol. The Morgan fingerprint density at radius 1 is 0.893 bits per heavy atom. The number of ether oxygens (including phenoxy) is 1. The molecule has 0 fully saturated rings. The Labute approximate surface area is 165 Å². The maximum atomic E-state index is 12.1. The van der Waals surface area contributed by atoms with Crippen molar-refractivity contribution in [2.75, 3.05) is 0 Å². The van der Waals surface area contributed by atoms with E-state index >= 15 is 0 Å². The van der Waals surface area contributed by atoms with Crippen molar-refractivity contribution < 1.29 is 9.53 Å². The summed E-state index contributed by atoms with van der Waals surface area (Å²) in [5, 5.41) is 3.91. The number of hydrazone groups is 1. The Balaban J connectivity index is 1.48. The minimum absolute atomic E-state index is 0.309. The predicted octanol–water partition coefficient (Wildman–Crippen LogP) is 4.94. The monoisotopic (exact) mass is 370 g/mol. The van der Waals surface area contributed by atoms with Gasteiger partial charge in [-0.05, 0) is 41.8 Å². The molecule has 0 heterocycles. The summed E-state index contributed by atoms with van der Waals surface area (Å²) in [6.07, 6.45) is 4.55. The van der Waals surface area contributed by atoms with Crippen LogP contribution in [0.5, 0.6) is 5.75 Å². The normalized spacial score (nSPS) is 12.2. The van der Waals surface area contributed by atoms with Crippen LogP contribution in [0.15, 0.2) is 96.1 Å². The molecule has 140 valence electrons. The van der Waals surface area contributed by atoms with Gasteiger partial charge in [-0.1, -0.05) is 78.9 Å². The molecule has 0 aliphatic carbocycles. The minimum atomic E-state index is -0.655. The van der Waals surface area contributed by atoms with E-state index in [1.807, 2.05) is 78.9 Å². The molecule has 28 heavy (non-hydrogen) atoms. The highest BCUT2D eigenvalue weighted by molar-refractivity contribution is 5.83. The molecule has 0 spiro atoms. The summed E-state index contributed by atoms with van der Waals surface area (Å²) < 4.78 is 5.69. The van der Waals surface area contributed by atoms with Gasteiger partial charge in [-0.25, -0.2) is 5.43 Å². The smallest absolute Gasteiger partial charge is 0.280 e. The van der Waals surface area contributed by atoms with Gasteiger partial charge in [0.2, 0.25) is 0 Å². The molecular formula is C24H22N2O2. The number of nitrogens with one attached hydrogen (secondary N) is 1. The van der Waals surface area contributed by atoms with Gasteiger partial charge in [0.25, 0.3) is 5.91 Å². The van der Waals surface area contributed by atoms with Gasteiger partial charge in [0.1, 0.15) is 5.75 Å². The zero-order valence-corrected chi connectivity index (χ0v) is 15.7. The van der Waals surface area contributed by atoms with Crippen molar-refractivity contribution in [3.63, 3.8) is 0 Å². The SMILES string of the molecule is CC(Oc1ccc(-c2ccccc2)cc1)C(=O)NN=CC=Cc1ccccc1. The van der Waals surface area contributed by atoms with E-state index in [9.17, 15) is 4.79 Å². The van der Waals surface area contributed by atoms with Crippen LogP contribution in [0.4, 0.5) is 0 Å². The van der Waals surface area contributed by atoms with Gasteiger partial charge in [-0.15, -0.1) is 0 Å². The topological polar surface area (TPSA) is 50.7 Å². The van der Waals surface area contributed by atoms with Crippen molar-refractivity contribution in [1.29, 1.82) is 0 Å². The lowest BCUT2D eigenvalue weighted by molar-refractivity contribution is -0.127. The van der Waals surface area contributed by atoms with E-state index < -0.39 is 6.10 Å². The van der Waals surface area contributed by atoms with Crippen LogP contribution in [-0.2, 0) is 4.79 Å². The first-order valence-corrected chi connectivity index (χ1v) is 9.09. The van der Waals surface area contributed by atoms with Crippen molar-refractivity contribution in [1.82, 2.24) is 5.43 Å². The summed E-state index contributed by atoms with van der Waals surface area (Å²) in [4.78, 5) is 12.1. The molecule has 0 bridgehead atoms. The Morgan fingerprint density at radius 3 is 2.18 bits per heavy atom. The highest BCUT2D eigenvalue weighted by Gasteiger charge is 2.13. The van der Waals surface area contributed by atoms with Gasteiger partial charge in [0.15, 0.2) is 6.10 Å². The first-order chi connectivity index (χ1) is 13.7. The third-order valence-corrected chi connectivity index (χ3v) is 4.07. The number of hydrogen-bond donors (Lipinski definition) is 1. The summed E-state index contributed by atoms with van der Waals surface area (Å²) in [6.45, 7) is 1.69. The number of benzene rings is 3. The van der Waals surface area contributed by atoms with Crippen molar-refractivity contribution in [3.05, 3.63) is 96.6 Å². The largest absolute Gasteiger partial charge is 0.481 e. The van der Waals surface area contributed by atoms with E-state index in [0.717, 1.165) is 16.7 Å². The Hall–Kier alpha value is -3.66. The number of hydrogen-bond acceptors (Lipinski definition) is 3. The average Bonchev–Trinajstić information content (AvgIpc) is 2.75. The first-order valence-electron chi connectivity index (χ1n) is 9.09. The number of carbonyl (C=O) groups is 1. The fraction of sp³-hybridized carbons (Fsp3) is 0.0833. The second-order valence-corrected chi connectivity index (χ2v) is 6.17. The molecule has 3 aromatic rings. The summed E-state index contributed by atoms with van der Waals surface area (Å²) in [5.74, 6) is 0.326. The van der Waals surface area contributed by atoms with E-state index in [1.165, 1.54) is 6.21 Å². The lowest BCUT2D eigenvalue weighted by atomic mass is 10.1. The molecule has 1 atom stereocenters. The van der Waals surface area contributed by atoms with E-state index in [0.29, 0.717) is 5.75 Å². The molecule has 1 unspecified atom stereocenters. The number of carbonyl (C=O) groups excluding carboxylic acids is 1. The number of nitrogens with zero attached hydrogens (tertiary/aromatic N) is 1. The molecular weight excluding hydrogens is 348 g/mol. The van der Waals surface area contributed by atoms with E-state index in [1.54, 1.807) is 13.0 Å². The lowest BCUT2D eigenvalue weighted by Gasteiger charge is -2.13. The quantitative estimate of drug-likeness (QED) is 0.473. The fourth-order valence-corrected chi connectivity index (χ4v) is 2.57. The van der Waals surface area contributed by atoms with Gasteiger partial charge < -0.3 is 4.74 Å². The summed E-state index contributed by atoms with van der Waals surface area (Å²) >= 11 is 0. The molecule has 0 aliphatic heterocycles. The molecule has 0 aliphatic rings. The minimum Gasteiger partial charge on any atom is -0.481 e. The highest BCUT2D eigenvalue weighted by Crippen LogP contribution is 2.22. The molecule has 4 nitrogen and oxygen atoms in total. The Morgan fingerprint density at radius 2 is 1.50 bits per heavy atom. The Bertz CT molecular complexity index is 933. The lowest BCUT2D eigenvalue weighted by Crippen LogP contribution is -2.33. The van der Waals surface area contributed by atoms with E-state index in [-0.39, 0.29) is 5.91 Å². The van der Waals surface area contributed by atoms with Crippen LogP contribution in [0, 0.1) is 0 Å². The summed E-state index contributed by atoms with van der Waals surface area (Å²) in [5.41, 5.74) is 5.78. The zero-order valence-electron chi connectivity index (χ0n) is 15.7. The van der Waals surface area contributed by atoms with Crippen LogP contribution in [-0.4, -0.2) is 18.2 Å². The second kappa shape index (κ2) is 9.88. The van der Waals surface area contributed by atoms with Crippen molar-refractivity contribution in [3.8, 4) is 16.9 Å². The van der Waals surface area contributed by atoms with Crippen LogP contribution in [0.3, 0.4) is 0 Å². The number of amides is 1. The molecule has 3 aromatic carbocycles. The van der Waals surface area contributed by atoms with Crippen molar-refractivity contribution in [2.24, 2.45) is 5.10 Å². The van der Waals surface area contributed by atoms with Crippen molar-refractivity contribution in [2.45, 2.75) is 13.0 Å². The molecule has 0 saturated heterocycles. The molecule has 3 rings (SSSR count). The van der Waals surface area contributed by atoms with Gasteiger partial charge in [-0.2, -0.15) is 5.10 Å². The average molecular weight is 370 g/mol. The second-order valence-electron chi connectivity index (χ2n) is 6.17. The van der Waals surface area contributed by atoms with E-state index in [4.69, 9.17) is 4.74 Å². The number of allylic oxidation sites excluding steroid dienone is 1. The summed E-state index contributed by atoms with van der Waals surface area (Å²) in [7, 11) is 0. The van der Waals surface area contributed by atoms with E-state index in [2.05, 4.69) is 22.7 Å². The van der Waals surface area contributed by atoms with Crippen LogP contribution in [0.1, 0.15) is 12.5 Å². The molecule has 0 aromatic heterocycles. The Kier molecular flexibility index (Phi) is 6.74. The van der Waals surface area contributed by atoms with Crippen LogP contribution in [0.2, 0.25) is 0 Å². The zero-order chi connectivity index (χ0) is 19.6. The molecule has 0 radical (unpaired) electrons. The van der Waals surface area contributed by atoms with Crippen LogP contribution < -0.4 is 10.2 Å².